The zero-order valence-corrected chi connectivity index (χ0v) is 15.6. The lowest BCUT2D eigenvalue weighted by Crippen LogP contribution is -2.29. The second-order valence-electron chi connectivity index (χ2n) is 6.17. The lowest BCUT2D eigenvalue weighted by atomic mass is 10.0. The predicted octanol–water partition coefficient (Wildman–Crippen LogP) is 3.90. The molecule has 0 aliphatic carbocycles. The summed E-state index contributed by atoms with van der Waals surface area (Å²) in [6.07, 6.45) is 14.3. The summed E-state index contributed by atoms with van der Waals surface area (Å²) in [6, 6.07) is 3.51. The van der Waals surface area contributed by atoms with Gasteiger partial charge in [0, 0.05) is 32.3 Å². The second kappa shape index (κ2) is 10.1. The standard InChI is InChI=1S/C22H25N3O2/c1-4-7-19(5-2)20-8-6-14-25(15-13-20)22(27)12-10-18-9-11-21(23-16-18)24-17(3)26/h4-5,7,9-13,16H,1-2,6,8,14-15H2,3H3,(H,23,24,26)/b12-10+,19-7+. The van der Waals surface area contributed by atoms with E-state index in [0.717, 1.165) is 24.0 Å². The Labute approximate surface area is 160 Å². The minimum atomic E-state index is -0.169. The Morgan fingerprint density at radius 2 is 2.11 bits per heavy atom. The fraction of sp³-hybridized carbons (Fsp3) is 0.227. The normalized spacial score (nSPS) is 15.1. The van der Waals surface area contributed by atoms with Gasteiger partial charge < -0.3 is 10.2 Å². The quantitative estimate of drug-likeness (QED) is 0.616. The molecule has 0 spiro atoms. The van der Waals surface area contributed by atoms with Crippen molar-refractivity contribution in [3.8, 4) is 0 Å². The smallest absolute Gasteiger partial charge is 0.246 e. The molecule has 0 atom stereocenters. The Morgan fingerprint density at radius 3 is 2.74 bits per heavy atom. The van der Waals surface area contributed by atoms with Gasteiger partial charge in [0.25, 0.3) is 0 Å². The number of pyridine rings is 1. The van der Waals surface area contributed by atoms with Crippen molar-refractivity contribution in [3.63, 3.8) is 0 Å². The number of hydrogen-bond donors (Lipinski definition) is 1. The number of hydrogen-bond acceptors (Lipinski definition) is 3. The number of carbonyl (C=O) groups is 2. The summed E-state index contributed by atoms with van der Waals surface area (Å²) in [5.41, 5.74) is 3.05. The fourth-order valence-electron chi connectivity index (χ4n) is 2.80. The first-order valence-corrected chi connectivity index (χ1v) is 8.88. The number of amides is 2. The predicted molar refractivity (Wildman–Crippen MR) is 110 cm³/mol. The van der Waals surface area contributed by atoms with Gasteiger partial charge in [-0.2, -0.15) is 0 Å². The van der Waals surface area contributed by atoms with Crippen LogP contribution < -0.4 is 5.32 Å². The molecule has 2 heterocycles. The number of allylic oxidation sites excluding steroid dienone is 5. The topological polar surface area (TPSA) is 62.3 Å². The molecule has 1 aliphatic heterocycles. The van der Waals surface area contributed by atoms with Gasteiger partial charge in [0.15, 0.2) is 0 Å². The summed E-state index contributed by atoms with van der Waals surface area (Å²) in [5, 5.41) is 2.61. The van der Waals surface area contributed by atoms with Crippen LogP contribution in [0.15, 0.2) is 73.0 Å². The third-order valence-corrected chi connectivity index (χ3v) is 4.14. The number of rotatable bonds is 6. The van der Waals surface area contributed by atoms with E-state index in [-0.39, 0.29) is 11.8 Å². The Bertz CT molecular complexity index is 801. The van der Waals surface area contributed by atoms with Crippen LogP contribution in [-0.4, -0.2) is 34.8 Å². The molecule has 0 radical (unpaired) electrons. The number of nitrogens with zero attached hydrogens (tertiary/aromatic N) is 2. The van der Waals surface area contributed by atoms with Crippen LogP contribution in [0.1, 0.15) is 25.3 Å². The summed E-state index contributed by atoms with van der Waals surface area (Å²) >= 11 is 0. The monoisotopic (exact) mass is 363 g/mol. The Balaban J connectivity index is 2.01. The van der Waals surface area contributed by atoms with Crippen molar-refractivity contribution in [1.29, 1.82) is 0 Å². The first-order valence-electron chi connectivity index (χ1n) is 8.88. The maximum atomic E-state index is 12.5. The van der Waals surface area contributed by atoms with E-state index in [9.17, 15) is 9.59 Å². The molecular formula is C22H25N3O2. The molecule has 0 aromatic carbocycles. The van der Waals surface area contributed by atoms with Gasteiger partial charge in [0.1, 0.15) is 5.82 Å². The lowest BCUT2D eigenvalue weighted by Gasteiger charge is -2.17. The van der Waals surface area contributed by atoms with E-state index in [1.54, 1.807) is 36.6 Å². The maximum Gasteiger partial charge on any atom is 0.246 e. The molecule has 0 bridgehead atoms. The van der Waals surface area contributed by atoms with Crippen molar-refractivity contribution in [2.45, 2.75) is 19.8 Å². The molecule has 1 aliphatic rings. The highest BCUT2D eigenvalue weighted by atomic mass is 16.2. The number of aromatic nitrogens is 1. The Kier molecular flexibility index (Phi) is 7.49. The summed E-state index contributed by atoms with van der Waals surface area (Å²) in [6.45, 7) is 10.3. The first kappa shape index (κ1) is 20.1. The van der Waals surface area contributed by atoms with Gasteiger partial charge in [-0.25, -0.2) is 4.98 Å². The Hall–Kier alpha value is -3.21. The molecular weight excluding hydrogens is 338 g/mol. The van der Waals surface area contributed by atoms with Gasteiger partial charge in [-0.05, 0) is 47.8 Å². The first-order chi connectivity index (χ1) is 13.0. The van der Waals surface area contributed by atoms with Crippen LogP contribution in [0.3, 0.4) is 0 Å². The summed E-state index contributed by atoms with van der Waals surface area (Å²) in [4.78, 5) is 29.4. The molecule has 1 N–H and O–H groups in total. The lowest BCUT2D eigenvalue weighted by molar-refractivity contribution is -0.125. The minimum Gasteiger partial charge on any atom is -0.335 e. The molecule has 27 heavy (non-hydrogen) atoms. The largest absolute Gasteiger partial charge is 0.335 e. The van der Waals surface area contributed by atoms with Gasteiger partial charge >= 0.3 is 0 Å². The van der Waals surface area contributed by atoms with Gasteiger partial charge in [0.05, 0.1) is 0 Å². The van der Waals surface area contributed by atoms with E-state index in [1.165, 1.54) is 12.5 Å². The van der Waals surface area contributed by atoms with Gasteiger partial charge in [-0.1, -0.05) is 37.5 Å². The van der Waals surface area contributed by atoms with Crippen molar-refractivity contribution in [2.24, 2.45) is 0 Å². The van der Waals surface area contributed by atoms with E-state index in [2.05, 4.69) is 29.5 Å². The average molecular weight is 363 g/mol. The third-order valence-electron chi connectivity index (χ3n) is 4.14. The molecule has 0 unspecified atom stereocenters. The van der Waals surface area contributed by atoms with E-state index in [4.69, 9.17) is 0 Å². The van der Waals surface area contributed by atoms with Crippen LogP contribution in [0.5, 0.6) is 0 Å². The summed E-state index contributed by atoms with van der Waals surface area (Å²) in [5.74, 6) is 0.283. The van der Waals surface area contributed by atoms with Crippen LogP contribution in [0.25, 0.3) is 6.08 Å². The van der Waals surface area contributed by atoms with Crippen LogP contribution in [0.4, 0.5) is 5.82 Å². The van der Waals surface area contributed by atoms with E-state index in [1.807, 2.05) is 17.1 Å². The van der Waals surface area contributed by atoms with Crippen LogP contribution in [0.2, 0.25) is 0 Å². The highest BCUT2D eigenvalue weighted by Gasteiger charge is 2.14. The molecule has 5 nitrogen and oxygen atoms in total. The van der Waals surface area contributed by atoms with Crippen molar-refractivity contribution in [1.82, 2.24) is 9.88 Å². The summed E-state index contributed by atoms with van der Waals surface area (Å²) in [7, 11) is 0. The van der Waals surface area contributed by atoms with Crippen molar-refractivity contribution in [2.75, 3.05) is 18.4 Å². The fourth-order valence-corrected chi connectivity index (χ4v) is 2.80. The molecule has 0 saturated heterocycles. The van der Waals surface area contributed by atoms with Gasteiger partial charge in [-0.15, -0.1) is 0 Å². The van der Waals surface area contributed by atoms with Crippen LogP contribution in [-0.2, 0) is 9.59 Å². The van der Waals surface area contributed by atoms with Crippen molar-refractivity contribution in [3.05, 3.63) is 78.6 Å². The molecule has 5 heteroatoms. The SMILES string of the molecule is C=C/C=C(\C=C)C1=CCN(C(=O)/C=C/c2ccc(NC(C)=O)nc2)CCC1. The zero-order valence-electron chi connectivity index (χ0n) is 15.6. The summed E-state index contributed by atoms with van der Waals surface area (Å²) < 4.78 is 0. The van der Waals surface area contributed by atoms with E-state index >= 15 is 0 Å². The van der Waals surface area contributed by atoms with E-state index in [0.29, 0.717) is 18.9 Å². The average Bonchev–Trinajstić information content (AvgIpc) is 2.91. The van der Waals surface area contributed by atoms with Crippen molar-refractivity contribution >= 4 is 23.7 Å². The Morgan fingerprint density at radius 1 is 1.30 bits per heavy atom. The number of carbonyl (C=O) groups excluding carboxylic acids is 2. The molecule has 1 aromatic heterocycles. The molecule has 140 valence electrons. The maximum absolute atomic E-state index is 12.5. The van der Waals surface area contributed by atoms with Gasteiger partial charge in [-0.3, -0.25) is 9.59 Å². The molecule has 2 amide bonds. The number of nitrogens with one attached hydrogen (secondary N) is 1. The minimum absolute atomic E-state index is 0.0358. The zero-order chi connectivity index (χ0) is 19.6. The van der Waals surface area contributed by atoms with E-state index < -0.39 is 0 Å². The van der Waals surface area contributed by atoms with Crippen LogP contribution >= 0.6 is 0 Å². The van der Waals surface area contributed by atoms with Crippen molar-refractivity contribution < 1.29 is 9.59 Å². The second-order valence-corrected chi connectivity index (χ2v) is 6.17. The molecule has 2 rings (SSSR count). The molecule has 0 fully saturated rings. The third kappa shape index (κ3) is 6.22. The highest BCUT2D eigenvalue weighted by Crippen LogP contribution is 2.20. The van der Waals surface area contributed by atoms with Crippen LogP contribution in [0, 0.1) is 0 Å². The molecule has 1 aromatic rings. The van der Waals surface area contributed by atoms with Gasteiger partial charge in [0.2, 0.25) is 11.8 Å². The number of anilines is 1. The highest BCUT2D eigenvalue weighted by molar-refractivity contribution is 5.92. The molecule has 0 saturated carbocycles.